The van der Waals surface area contributed by atoms with Crippen LogP contribution in [0.3, 0.4) is 0 Å². The molecule has 0 amide bonds. The first-order chi connectivity index (χ1) is 15.4. The molecule has 0 fully saturated rings. The molecule has 3 aromatic rings. The van der Waals surface area contributed by atoms with Gasteiger partial charge in [-0.2, -0.15) is 0 Å². The molecule has 2 N–H and O–H groups in total. The number of hydrogen-bond donors (Lipinski definition) is 2. The fourth-order valence-electron chi connectivity index (χ4n) is 4.01. The Hall–Kier alpha value is -2.27. The standard InChI is InChI=1S/C27H35ClN4/c1-20-16-21(2)25(32-17-20)18-29-13-5-6-14-30-19-26-24(8-7-15-31-26)27(3,4)22-9-11-23(28)12-10-22/h7-12,15-17,29-30H,5-6,13-14,18-19H2,1-4H3. The van der Waals surface area contributed by atoms with E-state index in [-0.39, 0.29) is 5.41 Å². The lowest BCUT2D eigenvalue weighted by atomic mass is 9.77. The van der Waals surface area contributed by atoms with Gasteiger partial charge in [-0.1, -0.05) is 49.7 Å². The summed E-state index contributed by atoms with van der Waals surface area (Å²) in [6.45, 7) is 12.3. The van der Waals surface area contributed by atoms with Crippen molar-refractivity contribution in [3.63, 3.8) is 0 Å². The molecule has 0 saturated heterocycles. The van der Waals surface area contributed by atoms with Crippen LogP contribution in [0.25, 0.3) is 0 Å². The molecule has 0 spiro atoms. The molecule has 1 aromatic carbocycles. The van der Waals surface area contributed by atoms with Gasteiger partial charge in [0.1, 0.15) is 0 Å². The largest absolute Gasteiger partial charge is 0.311 e. The van der Waals surface area contributed by atoms with Crippen LogP contribution in [0, 0.1) is 13.8 Å². The maximum atomic E-state index is 6.08. The third-order valence-corrected chi connectivity index (χ3v) is 6.25. The van der Waals surface area contributed by atoms with Crippen LogP contribution in [0.5, 0.6) is 0 Å². The van der Waals surface area contributed by atoms with E-state index in [1.165, 1.54) is 22.3 Å². The Bertz CT molecular complexity index is 999. The lowest BCUT2D eigenvalue weighted by molar-refractivity contribution is 0.565. The summed E-state index contributed by atoms with van der Waals surface area (Å²) in [5, 5.41) is 7.85. The zero-order valence-corrected chi connectivity index (χ0v) is 20.5. The molecule has 5 heteroatoms. The summed E-state index contributed by atoms with van der Waals surface area (Å²) in [6, 6.07) is 14.5. The fourth-order valence-corrected chi connectivity index (χ4v) is 4.14. The highest BCUT2D eigenvalue weighted by atomic mass is 35.5. The number of benzene rings is 1. The van der Waals surface area contributed by atoms with Gasteiger partial charge in [0.25, 0.3) is 0 Å². The van der Waals surface area contributed by atoms with Gasteiger partial charge in [0.05, 0.1) is 11.4 Å². The van der Waals surface area contributed by atoms with Crippen molar-refractivity contribution in [2.75, 3.05) is 13.1 Å². The summed E-state index contributed by atoms with van der Waals surface area (Å²) in [4.78, 5) is 9.20. The summed E-state index contributed by atoms with van der Waals surface area (Å²) in [5.41, 5.74) is 7.06. The van der Waals surface area contributed by atoms with Crippen molar-refractivity contribution in [1.29, 1.82) is 0 Å². The normalized spacial score (nSPS) is 11.7. The smallest absolute Gasteiger partial charge is 0.0582 e. The second kappa shape index (κ2) is 11.6. The molecule has 0 radical (unpaired) electrons. The Morgan fingerprint density at radius 2 is 1.53 bits per heavy atom. The van der Waals surface area contributed by atoms with Crippen LogP contribution >= 0.6 is 11.6 Å². The number of rotatable bonds is 11. The molecular formula is C27H35ClN4. The third kappa shape index (κ3) is 6.61. The highest BCUT2D eigenvalue weighted by Crippen LogP contribution is 2.33. The minimum Gasteiger partial charge on any atom is -0.311 e. The minimum absolute atomic E-state index is 0.137. The van der Waals surface area contributed by atoms with E-state index in [0.29, 0.717) is 0 Å². The highest BCUT2D eigenvalue weighted by molar-refractivity contribution is 6.30. The maximum absolute atomic E-state index is 6.08. The van der Waals surface area contributed by atoms with E-state index >= 15 is 0 Å². The monoisotopic (exact) mass is 450 g/mol. The van der Waals surface area contributed by atoms with Crippen LogP contribution < -0.4 is 10.6 Å². The van der Waals surface area contributed by atoms with Crippen LogP contribution in [0.2, 0.25) is 5.02 Å². The van der Waals surface area contributed by atoms with Gasteiger partial charge in [-0.25, -0.2) is 0 Å². The topological polar surface area (TPSA) is 49.8 Å². The first-order valence-corrected chi connectivity index (χ1v) is 11.8. The first kappa shape index (κ1) is 24.4. The molecule has 3 rings (SSSR count). The van der Waals surface area contributed by atoms with E-state index in [1.54, 1.807) is 0 Å². The van der Waals surface area contributed by atoms with Crippen LogP contribution in [0.1, 0.15) is 60.3 Å². The van der Waals surface area contributed by atoms with Crippen molar-refractivity contribution in [3.05, 3.63) is 93.5 Å². The van der Waals surface area contributed by atoms with E-state index in [0.717, 1.165) is 55.4 Å². The van der Waals surface area contributed by atoms with Crippen molar-refractivity contribution < 1.29 is 0 Å². The number of aryl methyl sites for hydroxylation is 2. The summed E-state index contributed by atoms with van der Waals surface area (Å²) in [7, 11) is 0. The van der Waals surface area contributed by atoms with Gasteiger partial charge < -0.3 is 10.6 Å². The number of pyridine rings is 2. The highest BCUT2D eigenvalue weighted by Gasteiger charge is 2.26. The molecule has 170 valence electrons. The van der Waals surface area contributed by atoms with Crippen molar-refractivity contribution in [3.8, 4) is 0 Å². The van der Waals surface area contributed by atoms with E-state index in [4.69, 9.17) is 11.6 Å². The average molecular weight is 451 g/mol. The van der Waals surface area contributed by atoms with Gasteiger partial charge >= 0.3 is 0 Å². The molecular weight excluding hydrogens is 416 g/mol. The van der Waals surface area contributed by atoms with Crippen molar-refractivity contribution >= 4 is 11.6 Å². The average Bonchev–Trinajstić information content (AvgIpc) is 2.77. The van der Waals surface area contributed by atoms with E-state index in [2.05, 4.69) is 72.6 Å². The molecule has 4 nitrogen and oxygen atoms in total. The predicted octanol–water partition coefficient (Wildman–Crippen LogP) is 5.73. The van der Waals surface area contributed by atoms with Crippen molar-refractivity contribution in [2.24, 2.45) is 0 Å². The molecule has 0 aliphatic heterocycles. The molecule has 0 aliphatic carbocycles. The molecule has 0 atom stereocenters. The Morgan fingerprint density at radius 1 is 0.875 bits per heavy atom. The number of hydrogen-bond acceptors (Lipinski definition) is 4. The molecule has 0 unspecified atom stereocenters. The van der Waals surface area contributed by atoms with Gasteiger partial charge in [-0.05, 0) is 80.2 Å². The van der Waals surface area contributed by atoms with E-state index in [1.807, 2.05) is 30.6 Å². The zero-order valence-electron chi connectivity index (χ0n) is 19.7. The van der Waals surface area contributed by atoms with Gasteiger partial charge in [-0.3, -0.25) is 9.97 Å². The van der Waals surface area contributed by atoms with Gasteiger partial charge in [0, 0.05) is 35.9 Å². The lowest BCUT2D eigenvalue weighted by Crippen LogP contribution is -2.25. The van der Waals surface area contributed by atoms with E-state index in [9.17, 15) is 0 Å². The predicted molar refractivity (Wildman–Crippen MR) is 134 cm³/mol. The molecule has 2 aromatic heterocycles. The van der Waals surface area contributed by atoms with Crippen molar-refractivity contribution in [2.45, 2.75) is 59.0 Å². The molecule has 0 saturated carbocycles. The molecule has 32 heavy (non-hydrogen) atoms. The molecule has 0 bridgehead atoms. The quantitative estimate of drug-likeness (QED) is 0.366. The summed E-state index contributed by atoms with van der Waals surface area (Å²) in [5.74, 6) is 0. The van der Waals surface area contributed by atoms with Crippen LogP contribution in [-0.4, -0.2) is 23.1 Å². The Labute approximate surface area is 197 Å². The Morgan fingerprint density at radius 3 is 2.19 bits per heavy atom. The number of aromatic nitrogens is 2. The maximum Gasteiger partial charge on any atom is 0.0582 e. The molecule has 2 heterocycles. The van der Waals surface area contributed by atoms with Crippen LogP contribution in [-0.2, 0) is 18.5 Å². The fraction of sp³-hybridized carbons (Fsp3) is 0.407. The van der Waals surface area contributed by atoms with Crippen molar-refractivity contribution in [1.82, 2.24) is 20.6 Å². The van der Waals surface area contributed by atoms with Crippen LogP contribution in [0.4, 0.5) is 0 Å². The van der Waals surface area contributed by atoms with Gasteiger partial charge in [-0.15, -0.1) is 0 Å². The second-order valence-corrected chi connectivity index (χ2v) is 9.40. The van der Waals surface area contributed by atoms with Crippen LogP contribution in [0.15, 0.2) is 54.9 Å². The van der Waals surface area contributed by atoms with Gasteiger partial charge in [0.2, 0.25) is 0 Å². The second-order valence-electron chi connectivity index (χ2n) is 8.97. The minimum atomic E-state index is -0.137. The number of nitrogens with zero attached hydrogens (tertiary/aromatic N) is 2. The SMILES string of the molecule is Cc1cnc(CNCCCCNCc2ncccc2C(C)(C)c2ccc(Cl)cc2)c(C)c1. The first-order valence-electron chi connectivity index (χ1n) is 11.4. The number of nitrogens with one attached hydrogen (secondary N) is 2. The van der Waals surface area contributed by atoms with Gasteiger partial charge in [0.15, 0.2) is 0 Å². The summed E-state index contributed by atoms with van der Waals surface area (Å²) < 4.78 is 0. The molecule has 0 aliphatic rings. The Kier molecular flexibility index (Phi) is 8.80. The summed E-state index contributed by atoms with van der Waals surface area (Å²) in [6.07, 6.45) is 6.07. The lowest BCUT2D eigenvalue weighted by Gasteiger charge is -2.28. The number of halogens is 1. The van der Waals surface area contributed by atoms with E-state index < -0.39 is 0 Å². The summed E-state index contributed by atoms with van der Waals surface area (Å²) >= 11 is 6.08. The zero-order chi connectivity index (χ0) is 23.0. The Balaban J connectivity index is 1.43. The third-order valence-electron chi connectivity index (χ3n) is 5.99. The number of unbranched alkanes of at least 4 members (excludes halogenated alkanes) is 1.